The van der Waals surface area contributed by atoms with Crippen molar-refractivity contribution in [2.75, 3.05) is 25.5 Å². The molecular weight excluding hydrogens is 260 g/mol. The molecule has 0 fully saturated rings. The predicted molar refractivity (Wildman–Crippen MR) is 79.7 cm³/mol. The van der Waals surface area contributed by atoms with Gasteiger partial charge in [-0.2, -0.15) is 0 Å². The Morgan fingerprint density at radius 3 is 2.79 bits per heavy atom. The highest BCUT2D eigenvalue weighted by atomic mass is 35.5. The number of halogens is 1. The van der Waals surface area contributed by atoms with Gasteiger partial charge in [-0.05, 0) is 19.2 Å². The molecule has 4 nitrogen and oxygen atoms in total. The molecule has 0 aliphatic carbocycles. The maximum Gasteiger partial charge on any atom is 0.111 e. The van der Waals surface area contributed by atoms with Gasteiger partial charge in [-0.1, -0.05) is 13.8 Å². The lowest BCUT2D eigenvalue weighted by atomic mass is 10.4. The van der Waals surface area contributed by atoms with E-state index in [0.29, 0.717) is 5.88 Å². The largest absolute Gasteiger partial charge is 0.327 e. The van der Waals surface area contributed by atoms with E-state index in [1.54, 1.807) is 0 Å². The van der Waals surface area contributed by atoms with Gasteiger partial charge in [0.25, 0.3) is 0 Å². The van der Waals surface area contributed by atoms with E-state index in [0.717, 1.165) is 49.5 Å². The molecule has 0 atom stereocenters. The smallest absolute Gasteiger partial charge is 0.111 e. The van der Waals surface area contributed by atoms with Gasteiger partial charge in [-0.25, -0.2) is 4.98 Å². The van der Waals surface area contributed by atoms with E-state index in [1.807, 2.05) is 18.5 Å². The maximum atomic E-state index is 5.87. The molecule has 2 heterocycles. The predicted octanol–water partition coefficient (Wildman–Crippen LogP) is 2.55. The summed E-state index contributed by atoms with van der Waals surface area (Å²) in [5.74, 6) is 1.66. The molecule has 2 aromatic heterocycles. The van der Waals surface area contributed by atoms with Crippen molar-refractivity contribution in [2.45, 2.75) is 26.8 Å². The number of hydrogen-bond donors (Lipinski definition) is 0. The Morgan fingerprint density at radius 2 is 2.11 bits per heavy atom. The number of pyridine rings is 1. The number of aryl methyl sites for hydroxylation is 1. The molecule has 0 saturated carbocycles. The van der Waals surface area contributed by atoms with Gasteiger partial charge in [-0.3, -0.25) is 4.98 Å². The van der Waals surface area contributed by atoms with Crippen molar-refractivity contribution in [3.8, 4) is 0 Å². The van der Waals surface area contributed by atoms with Crippen LogP contribution in [0.25, 0.3) is 11.0 Å². The van der Waals surface area contributed by atoms with Gasteiger partial charge in [0.1, 0.15) is 11.3 Å². The van der Waals surface area contributed by atoms with Gasteiger partial charge in [0.05, 0.1) is 11.7 Å². The molecule has 2 rings (SSSR count). The minimum atomic E-state index is 0.599. The van der Waals surface area contributed by atoms with Gasteiger partial charge in [0.15, 0.2) is 0 Å². The number of alkyl halides is 1. The van der Waals surface area contributed by atoms with Crippen molar-refractivity contribution in [3.63, 3.8) is 0 Å². The first-order valence-corrected chi connectivity index (χ1v) is 7.41. The zero-order chi connectivity index (χ0) is 13.7. The van der Waals surface area contributed by atoms with Crippen LogP contribution in [0, 0.1) is 0 Å². The third-order valence-corrected chi connectivity index (χ3v) is 3.67. The summed E-state index contributed by atoms with van der Waals surface area (Å²) in [5, 5.41) is 0. The second-order valence-electron chi connectivity index (χ2n) is 4.51. The summed E-state index contributed by atoms with van der Waals surface area (Å²) in [7, 11) is 0. The fourth-order valence-corrected chi connectivity index (χ4v) is 2.51. The minimum Gasteiger partial charge on any atom is -0.327 e. The molecule has 19 heavy (non-hydrogen) atoms. The lowest BCUT2D eigenvalue weighted by Crippen LogP contribution is -2.27. The van der Waals surface area contributed by atoms with Gasteiger partial charge >= 0.3 is 0 Å². The highest BCUT2D eigenvalue weighted by Crippen LogP contribution is 2.15. The summed E-state index contributed by atoms with van der Waals surface area (Å²) in [5.41, 5.74) is 2.12. The first-order chi connectivity index (χ1) is 9.30. The second-order valence-corrected chi connectivity index (χ2v) is 4.89. The summed E-state index contributed by atoms with van der Waals surface area (Å²) in [4.78, 5) is 11.2. The lowest BCUT2D eigenvalue weighted by molar-refractivity contribution is 0.290. The Kier molecular flexibility index (Phi) is 5.16. The van der Waals surface area contributed by atoms with E-state index in [1.165, 1.54) is 0 Å². The number of likely N-dealkylation sites (N-methyl/N-ethyl adjacent to an activating group) is 1. The molecule has 0 aliphatic heterocycles. The van der Waals surface area contributed by atoms with Crippen LogP contribution in [0.15, 0.2) is 18.5 Å². The van der Waals surface area contributed by atoms with Crippen molar-refractivity contribution in [2.24, 2.45) is 0 Å². The number of fused-ring (bicyclic) bond motifs is 1. The van der Waals surface area contributed by atoms with Crippen LogP contribution < -0.4 is 0 Å². The molecule has 0 aliphatic rings. The van der Waals surface area contributed by atoms with Gasteiger partial charge in [0.2, 0.25) is 0 Å². The Labute approximate surface area is 119 Å². The van der Waals surface area contributed by atoms with Crippen LogP contribution in [0.3, 0.4) is 0 Å². The molecule has 0 unspecified atom stereocenters. The highest BCUT2D eigenvalue weighted by Gasteiger charge is 2.10. The fraction of sp³-hybridized carbons (Fsp3) is 0.571. The molecule has 0 spiro atoms. The van der Waals surface area contributed by atoms with Crippen LogP contribution in [-0.2, 0) is 13.0 Å². The van der Waals surface area contributed by atoms with Gasteiger partial charge in [-0.15, -0.1) is 11.6 Å². The Bertz CT molecular complexity index is 519. The van der Waals surface area contributed by atoms with Crippen molar-refractivity contribution >= 4 is 22.6 Å². The van der Waals surface area contributed by atoms with Crippen molar-refractivity contribution < 1.29 is 0 Å². The molecular formula is C14H21ClN4. The first-order valence-electron chi connectivity index (χ1n) is 6.87. The summed E-state index contributed by atoms with van der Waals surface area (Å²) < 4.78 is 2.28. The Morgan fingerprint density at radius 1 is 1.32 bits per heavy atom. The topological polar surface area (TPSA) is 34.0 Å². The van der Waals surface area contributed by atoms with Crippen LogP contribution in [0.5, 0.6) is 0 Å². The van der Waals surface area contributed by atoms with E-state index in [2.05, 4.69) is 33.3 Å². The molecule has 0 amide bonds. The third-order valence-electron chi connectivity index (χ3n) is 3.48. The molecule has 2 aromatic rings. The average Bonchev–Trinajstić information content (AvgIpc) is 2.78. The Balaban J connectivity index is 2.25. The fourth-order valence-electron chi connectivity index (χ4n) is 2.34. The molecule has 104 valence electrons. The van der Waals surface area contributed by atoms with Crippen LogP contribution in [-0.4, -0.2) is 44.9 Å². The second kappa shape index (κ2) is 6.87. The standard InChI is InChI=1S/C14H21ClN4/c1-3-18(4-2)9-10-19-13-6-8-16-11-12(13)17-14(19)5-7-15/h6,8,11H,3-5,7,9-10H2,1-2H3. The van der Waals surface area contributed by atoms with Gasteiger partial charge < -0.3 is 9.47 Å². The molecule has 0 aromatic carbocycles. The van der Waals surface area contributed by atoms with Crippen LogP contribution >= 0.6 is 11.6 Å². The maximum absolute atomic E-state index is 5.87. The average molecular weight is 281 g/mol. The summed E-state index contributed by atoms with van der Waals surface area (Å²) in [6, 6.07) is 2.03. The van der Waals surface area contributed by atoms with E-state index in [9.17, 15) is 0 Å². The van der Waals surface area contributed by atoms with E-state index in [4.69, 9.17) is 11.6 Å². The van der Waals surface area contributed by atoms with Crippen molar-refractivity contribution in [1.82, 2.24) is 19.4 Å². The molecule has 0 bridgehead atoms. The van der Waals surface area contributed by atoms with E-state index in [-0.39, 0.29) is 0 Å². The molecule has 5 heteroatoms. The summed E-state index contributed by atoms with van der Waals surface area (Å²) in [6.45, 7) is 8.54. The number of nitrogens with zero attached hydrogens (tertiary/aromatic N) is 4. The van der Waals surface area contributed by atoms with Crippen LogP contribution in [0.2, 0.25) is 0 Å². The quantitative estimate of drug-likeness (QED) is 0.731. The minimum absolute atomic E-state index is 0.599. The zero-order valence-corrected chi connectivity index (χ0v) is 12.4. The number of hydrogen-bond acceptors (Lipinski definition) is 3. The van der Waals surface area contributed by atoms with E-state index < -0.39 is 0 Å². The summed E-state index contributed by atoms with van der Waals surface area (Å²) in [6.07, 6.45) is 4.44. The molecule has 0 radical (unpaired) electrons. The SMILES string of the molecule is CCN(CC)CCn1c(CCCl)nc2cnccc21. The normalized spacial score (nSPS) is 11.6. The first kappa shape index (κ1) is 14.3. The molecule has 0 N–H and O–H groups in total. The Hall–Kier alpha value is -1.13. The van der Waals surface area contributed by atoms with Gasteiger partial charge in [0, 0.05) is 31.6 Å². The van der Waals surface area contributed by atoms with E-state index >= 15 is 0 Å². The summed E-state index contributed by atoms with van der Waals surface area (Å²) >= 11 is 5.87. The monoisotopic (exact) mass is 280 g/mol. The van der Waals surface area contributed by atoms with Crippen LogP contribution in [0.1, 0.15) is 19.7 Å². The van der Waals surface area contributed by atoms with Crippen molar-refractivity contribution in [3.05, 3.63) is 24.3 Å². The number of aromatic nitrogens is 3. The third kappa shape index (κ3) is 3.25. The zero-order valence-electron chi connectivity index (χ0n) is 11.6. The molecule has 0 saturated heterocycles. The number of imidazole rings is 1. The highest BCUT2D eigenvalue weighted by molar-refractivity contribution is 6.17. The number of rotatable bonds is 7. The van der Waals surface area contributed by atoms with Crippen LogP contribution in [0.4, 0.5) is 0 Å². The van der Waals surface area contributed by atoms with Crippen molar-refractivity contribution in [1.29, 1.82) is 0 Å². The lowest BCUT2D eigenvalue weighted by Gasteiger charge is -2.19.